The van der Waals surface area contributed by atoms with Gasteiger partial charge in [0.1, 0.15) is 0 Å². The van der Waals surface area contributed by atoms with Crippen LogP contribution in [0.4, 0.5) is 11.4 Å². The third kappa shape index (κ3) is 5.55. The van der Waals surface area contributed by atoms with E-state index < -0.39 is 10.0 Å². The van der Waals surface area contributed by atoms with Crippen LogP contribution in [0, 0.1) is 0 Å². The van der Waals surface area contributed by atoms with E-state index in [1.807, 2.05) is 12.1 Å². The summed E-state index contributed by atoms with van der Waals surface area (Å²) in [7, 11) is -3.63. The van der Waals surface area contributed by atoms with E-state index >= 15 is 0 Å². The molecular formula is C21H17BrCl2N2O3S. The second kappa shape index (κ2) is 9.39. The van der Waals surface area contributed by atoms with E-state index in [2.05, 4.69) is 21.2 Å². The summed E-state index contributed by atoms with van der Waals surface area (Å²) in [6.45, 7) is -0.0269. The van der Waals surface area contributed by atoms with Gasteiger partial charge < -0.3 is 5.32 Å². The summed E-state index contributed by atoms with van der Waals surface area (Å²) in [5.74, 6) is -0.306. The lowest BCUT2D eigenvalue weighted by molar-refractivity contribution is 0.102. The first-order valence-corrected chi connectivity index (χ1v) is 12.1. The van der Waals surface area contributed by atoms with Gasteiger partial charge in [-0.25, -0.2) is 8.42 Å². The van der Waals surface area contributed by atoms with Gasteiger partial charge in [-0.3, -0.25) is 9.10 Å². The third-order valence-electron chi connectivity index (χ3n) is 4.26. The molecule has 0 aliphatic rings. The van der Waals surface area contributed by atoms with Gasteiger partial charge in [-0.1, -0.05) is 51.3 Å². The topological polar surface area (TPSA) is 66.5 Å². The number of hydrogen-bond donors (Lipinski definition) is 1. The van der Waals surface area contributed by atoms with Crippen LogP contribution in [0.2, 0.25) is 10.0 Å². The van der Waals surface area contributed by atoms with E-state index in [0.29, 0.717) is 32.5 Å². The SMILES string of the molecule is CS(=O)(=O)N(Cc1c(Cl)cccc1Cl)c1ccc(C(=O)Nc2cccc(Br)c2)cc1. The molecule has 0 unspecified atom stereocenters. The number of hydrogen-bond acceptors (Lipinski definition) is 3. The highest BCUT2D eigenvalue weighted by molar-refractivity contribution is 9.10. The summed E-state index contributed by atoms with van der Waals surface area (Å²) in [6.07, 6.45) is 1.10. The first-order valence-electron chi connectivity index (χ1n) is 8.73. The summed E-state index contributed by atoms with van der Waals surface area (Å²) < 4.78 is 26.8. The Bertz CT molecular complexity index is 1160. The highest BCUT2D eigenvalue weighted by atomic mass is 79.9. The highest BCUT2D eigenvalue weighted by Gasteiger charge is 2.21. The molecule has 9 heteroatoms. The number of halogens is 3. The third-order valence-corrected chi connectivity index (χ3v) is 6.61. The Morgan fingerprint density at radius 2 is 1.60 bits per heavy atom. The molecule has 0 aromatic heterocycles. The Morgan fingerprint density at radius 3 is 2.17 bits per heavy atom. The molecule has 0 aliphatic carbocycles. The number of carbonyl (C=O) groups excluding carboxylic acids is 1. The molecule has 0 spiro atoms. The van der Waals surface area contributed by atoms with Gasteiger partial charge in [-0.2, -0.15) is 0 Å². The predicted octanol–water partition coefficient (Wildman–Crippen LogP) is 5.97. The molecule has 1 N–H and O–H groups in total. The summed E-state index contributed by atoms with van der Waals surface area (Å²) >= 11 is 15.8. The Balaban J connectivity index is 1.85. The average molecular weight is 528 g/mol. The van der Waals surface area contributed by atoms with Crippen molar-refractivity contribution in [2.75, 3.05) is 15.9 Å². The minimum atomic E-state index is -3.63. The second-order valence-corrected chi connectivity index (χ2v) is 10.1. The van der Waals surface area contributed by atoms with E-state index in [0.717, 1.165) is 10.7 Å². The van der Waals surface area contributed by atoms with Gasteiger partial charge in [0.2, 0.25) is 10.0 Å². The molecule has 1 amide bonds. The van der Waals surface area contributed by atoms with Crippen LogP contribution in [-0.2, 0) is 16.6 Å². The van der Waals surface area contributed by atoms with Crippen LogP contribution in [-0.4, -0.2) is 20.6 Å². The van der Waals surface area contributed by atoms with Crippen molar-refractivity contribution in [3.05, 3.63) is 92.4 Å². The lowest BCUT2D eigenvalue weighted by atomic mass is 10.1. The largest absolute Gasteiger partial charge is 0.322 e. The Hall–Kier alpha value is -2.06. The van der Waals surface area contributed by atoms with E-state index in [-0.39, 0.29) is 12.5 Å². The van der Waals surface area contributed by atoms with Crippen molar-refractivity contribution >= 4 is 66.4 Å². The molecule has 0 saturated carbocycles. The van der Waals surface area contributed by atoms with Gasteiger partial charge in [-0.05, 0) is 54.6 Å². The van der Waals surface area contributed by atoms with E-state index in [4.69, 9.17) is 23.2 Å². The number of rotatable bonds is 6. The maximum Gasteiger partial charge on any atom is 0.255 e. The van der Waals surface area contributed by atoms with Gasteiger partial charge in [0.15, 0.2) is 0 Å². The maximum absolute atomic E-state index is 12.5. The van der Waals surface area contributed by atoms with Crippen molar-refractivity contribution in [1.29, 1.82) is 0 Å². The lowest BCUT2D eigenvalue weighted by Crippen LogP contribution is -2.29. The summed E-state index contributed by atoms with van der Waals surface area (Å²) in [5.41, 5.74) is 1.93. The van der Waals surface area contributed by atoms with E-state index in [9.17, 15) is 13.2 Å². The van der Waals surface area contributed by atoms with Crippen LogP contribution < -0.4 is 9.62 Å². The predicted molar refractivity (Wildman–Crippen MR) is 126 cm³/mol. The molecular weight excluding hydrogens is 511 g/mol. The number of nitrogens with zero attached hydrogens (tertiary/aromatic N) is 1. The zero-order chi connectivity index (χ0) is 21.9. The molecule has 5 nitrogen and oxygen atoms in total. The normalized spacial score (nSPS) is 11.2. The smallest absolute Gasteiger partial charge is 0.255 e. The fourth-order valence-electron chi connectivity index (χ4n) is 2.78. The standard InChI is InChI=1S/C21H17BrCl2N2O3S/c1-30(28,29)26(13-18-19(23)6-3-7-20(18)24)17-10-8-14(9-11-17)21(27)25-16-5-2-4-15(22)12-16/h2-12H,13H2,1H3,(H,25,27). The number of nitrogens with one attached hydrogen (secondary N) is 1. The quantitative estimate of drug-likeness (QED) is 0.429. The van der Waals surface area contributed by atoms with Crippen LogP contribution in [0.25, 0.3) is 0 Å². The van der Waals surface area contributed by atoms with Gasteiger partial charge in [-0.15, -0.1) is 0 Å². The van der Waals surface area contributed by atoms with Gasteiger partial charge in [0, 0.05) is 31.3 Å². The van der Waals surface area contributed by atoms with Crippen LogP contribution in [0.1, 0.15) is 15.9 Å². The van der Waals surface area contributed by atoms with Crippen LogP contribution in [0.5, 0.6) is 0 Å². The molecule has 3 aromatic rings. The van der Waals surface area contributed by atoms with E-state index in [1.54, 1.807) is 54.6 Å². The molecule has 0 radical (unpaired) electrons. The minimum absolute atomic E-state index is 0.0269. The number of amides is 1. The molecule has 0 atom stereocenters. The molecule has 0 fully saturated rings. The molecule has 156 valence electrons. The van der Waals surface area contributed by atoms with Crippen LogP contribution >= 0.6 is 39.1 Å². The number of sulfonamides is 1. The Labute approximate surface area is 193 Å². The molecule has 0 heterocycles. The zero-order valence-electron chi connectivity index (χ0n) is 15.8. The summed E-state index contributed by atoms with van der Waals surface area (Å²) in [5, 5.41) is 3.55. The average Bonchev–Trinajstić information content (AvgIpc) is 2.67. The minimum Gasteiger partial charge on any atom is -0.322 e. The van der Waals surface area contributed by atoms with Crippen molar-refractivity contribution < 1.29 is 13.2 Å². The van der Waals surface area contributed by atoms with Crippen LogP contribution in [0.3, 0.4) is 0 Å². The molecule has 0 saturated heterocycles. The molecule has 30 heavy (non-hydrogen) atoms. The van der Waals surface area contributed by atoms with E-state index in [1.165, 1.54) is 4.31 Å². The second-order valence-electron chi connectivity index (χ2n) is 6.48. The summed E-state index contributed by atoms with van der Waals surface area (Å²) in [4.78, 5) is 12.5. The van der Waals surface area contributed by atoms with Crippen molar-refractivity contribution in [2.24, 2.45) is 0 Å². The van der Waals surface area contributed by atoms with Crippen molar-refractivity contribution in [3.63, 3.8) is 0 Å². The van der Waals surface area contributed by atoms with Crippen molar-refractivity contribution in [3.8, 4) is 0 Å². The van der Waals surface area contributed by atoms with Crippen molar-refractivity contribution in [2.45, 2.75) is 6.54 Å². The molecule has 3 aromatic carbocycles. The molecule has 0 aliphatic heterocycles. The molecule has 3 rings (SSSR count). The zero-order valence-corrected chi connectivity index (χ0v) is 19.7. The van der Waals surface area contributed by atoms with Gasteiger partial charge >= 0.3 is 0 Å². The monoisotopic (exact) mass is 526 g/mol. The fraction of sp³-hybridized carbons (Fsp3) is 0.0952. The fourth-order valence-corrected chi connectivity index (χ4v) is 4.56. The van der Waals surface area contributed by atoms with Crippen molar-refractivity contribution in [1.82, 2.24) is 0 Å². The Morgan fingerprint density at radius 1 is 1.00 bits per heavy atom. The van der Waals surface area contributed by atoms with Gasteiger partial charge in [0.05, 0.1) is 18.5 Å². The maximum atomic E-state index is 12.5. The first kappa shape index (κ1) is 22.6. The Kier molecular flexibility index (Phi) is 7.08. The first-order chi connectivity index (χ1) is 14.1. The van der Waals surface area contributed by atoms with Gasteiger partial charge in [0.25, 0.3) is 5.91 Å². The molecule has 0 bridgehead atoms. The summed E-state index contributed by atoms with van der Waals surface area (Å²) in [6, 6.07) is 18.5. The number of benzene rings is 3. The van der Waals surface area contributed by atoms with Crippen LogP contribution in [0.15, 0.2) is 71.2 Å². The highest BCUT2D eigenvalue weighted by Crippen LogP contribution is 2.29. The lowest BCUT2D eigenvalue weighted by Gasteiger charge is -2.23. The number of carbonyl (C=O) groups is 1. The number of anilines is 2.